The van der Waals surface area contributed by atoms with Gasteiger partial charge < -0.3 is 0 Å². The van der Waals surface area contributed by atoms with Gasteiger partial charge in [0.25, 0.3) is 5.56 Å². The summed E-state index contributed by atoms with van der Waals surface area (Å²) in [5.41, 5.74) is 3.21. The number of benzene rings is 2. The van der Waals surface area contributed by atoms with Crippen molar-refractivity contribution in [2.45, 2.75) is 36.7 Å². The number of fused-ring (bicyclic) bond motifs is 5. The standard InChI is InChI=1S/C24H18Cl2N4OS2/c25-16-9-10-18(26)15(11-16)13-32-24-28-27-23-29(12-14-5-2-1-3-6-14)21(31)20-17-7-4-8-19(17)33-22(20)30(23)24/h1-3,5-6,9-11H,4,7-8,12-13H2. The van der Waals surface area contributed by atoms with Crippen molar-refractivity contribution in [3.8, 4) is 0 Å². The second-order valence-electron chi connectivity index (χ2n) is 8.06. The molecule has 166 valence electrons. The Bertz CT molecular complexity index is 1570. The molecule has 0 spiro atoms. The van der Waals surface area contributed by atoms with Crippen LogP contribution in [0.25, 0.3) is 16.0 Å². The second-order valence-corrected chi connectivity index (χ2v) is 10.9. The number of rotatable bonds is 5. The Hall–Kier alpha value is -2.32. The van der Waals surface area contributed by atoms with Crippen LogP contribution >= 0.6 is 46.3 Å². The summed E-state index contributed by atoms with van der Waals surface area (Å²) in [4.78, 5) is 15.9. The summed E-state index contributed by atoms with van der Waals surface area (Å²) >= 11 is 15.8. The lowest BCUT2D eigenvalue weighted by molar-refractivity contribution is 0.764. The smallest absolute Gasteiger partial charge is 0.264 e. The fourth-order valence-electron chi connectivity index (χ4n) is 4.41. The van der Waals surface area contributed by atoms with Crippen molar-refractivity contribution in [2.24, 2.45) is 0 Å². The summed E-state index contributed by atoms with van der Waals surface area (Å²) in [6.45, 7) is 0.451. The van der Waals surface area contributed by atoms with Crippen LogP contribution in [-0.2, 0) is 25.1 Å². The highest BCUT2D eigenvalue weighted by Crippen LogP contribution is 2.38. The Labute approximate surface area is 208 Å². The molecule has 6 rings (SSSR count). The van der Waals surface area contributed by atoms with E-state index < -0.39 is 0 Å². The average molecular weight is 513 g/mol. The van der Waals surface area contributed by atoms with Gasteiger partial charge in [-0.1, -0.05) is 65.3 Å². The van der Waals surface area contributed by atoms with Crippen LogP contribution in [-0.4, -0.2) is 19.2 Å². The van der Waals surface area contributed by atoms with Gasteiger partial charge in [-0.15, -0.1) is 21.5 Å². The minimum Gasteiger partial charge on any atom is -0.272 e. The predicted octanol–water partition coefficient (Wildman–Crippen LogP) is 6.24. The summed E-state index contributed by atoms with van der Waals surface area (Å²) in [6, 6.07) is 15.5. The Morgan fingerprint density at radius 3 is 2.76 bits per heavy atom. The van der Waals surface area contributed by atoms with E-state index in [4.69, 9.17) is 23.2 Å². The van der Waals surface area contributed by atoms with Gasteiger partial charge >= 0.3 is 0 Å². The number of aryl methyl sites for hydroxylation is 2. The largest absolute Gasteiger partial charge is 0.272 e. The molecule has 0 N–H and O–H groups in total. The van der Waals surface area contributed by atoms with E-state index in [0.717, 1.165) is 45.8 Å². The van der Waals surface area contributed by atoms with E-state index in [9.17, 15) is 4.79 Å². The lowest BCUT2D eigenvalue weighted by Gasteiger charge is -2.10. The van der Waals surface area contributed by atoms with Gasteiger partial charge in [-0.2, -0.15) is 0 Å². The van der Waals surface area contributed by atoms with Gasteiger partial charge in [-0.3, -0.25) is 9.36 Å². The highest BCUT2D eigenvalue weighted by atomic mass is 35.5. The second kappa shape index (κ2) is 8.47. The van der Waals surface area contributed by atoms with Crippen LogP contribution in [0.5, 0.6) is 0 Å². The van der Waals surface area contributed by atoms with Crippen LogP contribution in [0.1, 0.15) is 28.0 Å². The molecule has 5 aromatic rings. The number of nitrogens with zero attached hydrogens (tertiary/aromatic N) is 4. The van der Waals surface area contributed by atoms with E-state index in [-0.39, 0.29) is 5.56 Å². The molecule has 0 amide bonds. The van der Waals surface area contributed by atoms with E-state index in [1.54, 1.807) is 39.8 Å². The normalized spacial score (nSPS) is 13.3. The van der Waals surface area contributed by atoms with E-state index in [1.165, 1.54) is 10.4 Å². The third kappa shape index (κ3) is 3.67. The summed E-state index contributed by atoms with van der Waals surface area (Å²) in [6.07, 6.45) is 3.07. The zero-order valence-corrected chi connectivity index (χ0v) is 20.6. The van der Waals surface area contributed by atoms with Gasteiger partial charge in [0.1, 0.15) is 4.83 Å². The molecule has 0 atom stereocenters. The zero-order chi connectivity index (χ0) is 22.5. The van der Waals surface area contributed by atoms with Crippen LogP contribution in [0, 0.1) is 0 Å². The summed E-state index contributed by atoms with van der Waals surface area (Å²) in [7, 11) is 0. The lowest BCUT2D eigenvalue weighted by atomic mass is 10.2. The number of aromatic nitrogens is 4. The highest BCUT2D eigenvalue weighted by molar-refractivity contribution is 7.98. The quantitative estimate of drug-likeness (QED) is 0.261. The van der Waals surface area contributed by atoms with Gasteiger partial charge in [0.05, 0.1) is 11.9 Å². The molecule has 0 unspecified atom stereocenters. The summed E-state index contributed by atoms with van der Waals surface area (Å²) in [5.74, 6) is 1.17. The van der Waals surface area contributed by atoms with Crippen molar-refractivity contribution in [1.82, 2.24) is 19.2 Å². The number of hydrogen-bond donors (Lipinski definition) is 0. The maximum absolute atomic E-state index is 13.7. The van der Waals surface area contributed by atoms with Crippen molar-refractivity contribution < 1.29 is 0 Å². The third-order valence-corrected chi connectivity index (χ3v) is 8.83. The topological polar surface area (TPSA) is 52.2 Å². The zero-order valence-electron chi connectivity index (χ0n) is 17.4. The fourth-order valence-corrected chi connectivity index (χ4v) is 7.23. The predicted molar refractivity (Wildman–Crippen MR) is 136 cm³/mol. The molecule has 1 aliphatic rings. The van der Waals surface area contributed by atoms with E-state index in [2.05, 4.69) is 10.2 Å². The number of halogens is 2. The van der Waals surface area contributed by atoms with E-state index in [0.29, 0.717) is 28.1 Å². The number of thiophene rings is 1. The molecular formula is C24H18Cl2N4OS2. The number of thioether (sulfide) groups is 1. The fraction of sp³-hybridized carbons (Fsp3) is 0.208. The molecule has 0 bridgehead atoms. The van der Waals surface area contributed by atoms with Crippen LogP contribution in [0.4, 0.5) is 0 Å². The summed E-state index contributed by atoms with van der Waals surface area (Å²) in [5, 5.41) is 11.8. The molecular weight excluding hydrogens is 495 g/mol. The van der Waals surface area contributed by atoms with Crippen molar-refractivity contribution in [1.29, 1.82) is 0 Å². The van der Waals surface area contributed by atoms with Gasteiger partial charge in [-0.05, 0) is 54.2 Å². The van der Waals surface area contributed by atoms with Crippen LogP contribution in [0.2, 0.25) is 10.0 Å². The molecule has 0 radical (unpaired) electrons. The number of hydrogen-bond acceptors (Lipinski definition) is 5. The lowest BCUT2D eigenvalue weighted by Crippen LogP contribution is -2.24. The van der Waals surface area contributed by atoms with Gasteiger partial charge in [0.2, 0.25) is 5.78 Å². The van der Waals surface area contributed by atoms with Gasteiger partial charge in [0.15, 0.2) is 5.16 Å². The van der Waals surface area contributed by atoms with Crippen molar-refractivity contribution in [3.05, 3.63) is 90.5 Å². The van der Waals surface area contributed by atoms with Crippen molar-refractivity contribution >= 4 is 62.3 Å². The van der Waals surface area contributed by atoms with Crippen molar-refractivity contribution in [2.75, 3.05) is 0 Å². The maximum Gasteiger partial charge on any atom is 0.264 e. The minimum atomic E-state index is 0.0163. The molecule has 0 fully saturated rings. The first-order valence-electron chi connectivity index (χ1n) is 10.6. The monoisotopic (exact) mass is 512 g/mol. The van der Waals surface area contributed by atoms with Gasteiger partial charge in [-0.25, -0.2) is 4.40 Å². The minimum absolute atomic E-state index is 0.0163. The maximum atomic E-state index is 13.7. The van der Waals surface area contributed by atoms with E-state index in [1.807, 2.05) is 40.8 Å². The SMILES string of the molecule is O=c1c2c3c(sc2n2c(SCc4cc(Cl)ccc4Cl)nnc2n1Cc1ccccc1)CCC3. The van der Waals surface area contributed by atoms with Crippen LogP contribution in [0.3, 0.4) is 0 Å². The van der Waals surface area contributed by atoms with Crippen LogP contribution in [0.15, 0.2) is 58.5 Å². The molecule has 33 heavy (non-hydrogen) atoms. The molecule has 2 aromatic carbocycles. The molecule has 9 heteroatoms. The first-order chi connectivity index (χ1) is 16.1. The Morgan fingerprint density at radius 1 is 1.06 bits per heavy atom. The third-order valence-electron chi connectivity index (χ3n) is 5.97. The summed E-state index contributed by atoms with van der Waals surface area (Å²) < 4.78 is 3.80. The molecule has 1 aliphatic carbocycles. The van der Waals surface area contributed by atoms with Crippen LogP contribution < -0.4 is 5.56 Å². The molecule has 0 saturated carbocycles. The molecule has 3 aromatic heterocycles. The Morgan fingerprint density at radius 2 is 1.91 bits per heavy atom. The van der Waals surface area contributed by atoms with Gasteiger partial charge in [0, 0.05) is 20.7 Å². The Balaban J connectivity index is 1.52. The van der Waals surface area contributed by atoms with E-state index >= 15 is 0 Å². The first-order valence-corrected chi connectivity index (χ1v) is 13.2. The molecule has 0 aliphatic heterocycles. The molecule has 5 nitrogen and oxygen atoms in total. The van der Waals surface area contributed by atoms with Crippen molar-refractivity contribution in [3.63, 3.8) is 0 Å². The highest BCUT2D eigenvalue weighted by Gasteiger charge is 2.26. The molecule has 0 saturated heterocycles. The first kappa shape index (κ1) is 21.2. The Kier molecular flexibility index (Phi) is 5.45. The average Bonchev–Trinajstić information content (AvgIpc) is 3.52. The molecule has 3 heterocycles.